The number of hydrogen-bond acceptors (Lipinski definition) is 4. The molecular formula is C14H13N3O. The quantitative estimate of drug-likeness (QED) is 0.689. The summed E-state index contributed by atoms with van der Waals surface area (Å²) in [7, 11) is 0. The summed E-state index contributed by atoms with van der Waals surface area (Å²) in [6, 6.07) is 11.5. The van der Waals surface area contributed by atoms with Crippen LogP contribution >= 0.6 is 0 Å². The van der Waals surface area contributed by atoms with Crippen LogP contribution in [0.15, 0.2) is 53.3 Å². The van der Waals surface area contributed by atoms with Crippen molar-refractivity contribution in [2.45, 2.75) is 6.54 Å². The number of nitrogens with two attached hydrogens (primary N) is 1. The number of rotatable bonds is 3. The summed E-state index contributed by atoms with van der Waals surface area (Å²) in [5, 5.41) is 4.29. The highest BCUT2D eigenvalue weighted by Gasteiger charge is 2.03. The molecule has 3 rings (SSSR count). The van der Waals surface area contributed by atoms with Crippen molar-refractivity contribution in [2.75, 3.05) is 11.1 Å². The van der Waals surface area contributed by atoms with Crippen LogP contribution in [0.25, 0.3) is 11.0 Å². The summed E-state index contributed by atoms with van der Waals surface area (Å²) in [5.74, 6) is 0.832. The van der Waals surface area contributed by atoms with Crippen LogP contribution < -0.4 is 11.1 Å². The van der Waals surface area contributed by atoms with Gasteiger partial charge in [0, 0.05) is 18.4 Å². The molecule has 4 nitrogen and oxygen atoms in total. The van der Waals surface area contributed by atoms with E-state index in [1.807, 2.05) is 36.4 Å². The van der Waals surface area contributed by atoms with Crippen LogP contribution in [0.5, 0.6) is 0 Å². The summed E-state index contributed by atoms with van der Waals surface area (Å²) >= 11 is 0. The molecule has 0 aliphatic rings. The van der Waals surface area contributed by atoms with E-state index >= 15 is 0 Å². The predicted octanol–water partition coefficient (Wildman–Crippen LogP) is 3.02. The van der Waals surface area contributed by atoms with Crippen molar-refractivity contribution >= 4 is 22.5 Å². The van der Waals surface area contributed by atoms with E-state index < -0.39 is 0 Å². The van der Waals surface area contributed by atoms with Crippen LogP contribution in [-0.4, -0.2) is 4.98 Å². The molecule has 0 saturated heterocycles. The van der Waals surface area contributed by atoms with Crippen molar-refractivity contribution in [2.24, 2.45) is 0 Å². The lowest BCUT2D eigenvalue weighted by Gasteiger charge is -2.06. The molecule has 2 aromatic heterocycles. The second-order valence-corrected chi connectivity index (χ2v) is 4.09. The van der Waals surface area contributed by atoms with E-state index in [0.717, 1.165) is 28.0 Å². The third-order valence-electron chi connectivity index (χ3n) is 2.82. The first-order valence-electron chi connectivity index (χ1n) is 5.73. The van der Waals surface area contributed by atoms with Gasteiger partial charge in [0.2, 0.25) is 0 Å². The molecule has 4 heteroatoms. The van der Waals surface area contributed by atoms with Crippen LogP contribution in [0.3, 0.4) is 0 Å². The topological polar surface area (TPSA) is 64.1 Å². The van der Waals surface area contributed by atoms with Gasteiger partial charge in [-0.05, 0) is 29.8 Å². The maximum Gasteiger partial charge on any atom is 0.139 e. The second kappa shape index (κ2) is 4.41. The largest absolute Gasteiger partial charge is 0.464 e. The first-order chi connectivity index (χ1) is 8.83. The first kappa shape index (κ1) is 10.7. The molecule has 1 aromatic carbocycles. The minimum absolute atomic E-state index is 0.706. The summed E-state index contributed by atoms with van der Waals surface area (Å²) < 4.78 is 5.33. The maximum atomic E-state index is 5.65. The fourth-order valence-electron chi connectivity index (χ4n) is 1.86. The highest BCUT2D eigenvalue weighted by atomic mass is 16.3. The van der Waals surface area contributed by atoms with E-state index in [9.17, 15) is 0 Å². The summed E-state index contributed by atoms with van der Waals surface area (Å²) in [5.41, 5.74) is 8.42. The van der Waals surface area contributed by atoms with Crippen LogP contribution in [0.1, 0.15) is 5.56 Å². The van der Waals surface area contributed by atoms with Crippen molar-refractivity contribution in [3.8, 4) is 0 Å². The van der Waals surface area contributed by atoms with Gasteiger partial charge in [0.05, 0.1) is 11.6 Å². The van der Waals surface area contributed by atoms with Crippen molar-refractivity contribution < 1.29 is 4.42 Å². The van der Waals surface area contributed by atoms with Crippen LogP contribution in [0, 0.1) is 0 Å². The van der Waals surface area contributed by atoms with Crippen molar-refractivity contribution in [1.82, 2.24) is 4.98 Å². The molecule has 0 amide bonds. The number of hydrogen-bond donors (Lipinski definition) is 2. The van der Waals surface area contributed by atoms with Gasteiger partial charge in [0.15, 0.2) is 0 Å². The minimum atomic E-state index is 0.706. The molecule has 2 heterocycles. The molecular weight excluding hydrogens is 226 g/mol. The molecule has 90 valence electrons. The zero-order chi connectivity index (χ0) is 12.4. The highest BCUT2D eigenvalue weighted by molar-refractivity contribution is 5.87. The summed E-state index contributed by atoms with van der Waals surface area (Å²) in [6.45, 7) is 0.706. The number of nitrogen functional groups attached to an aromatic ring is 1. The fourth-order valence-corrected chi connectivity index (χ4v) is 1.86. The normalized spacial score (nSPS) is 10.7. The SMILES string of the molecule is Nc1ccc(CNc2nccc3occc23)cc1. The molecule has 0 saturated carbocycles. The second-order valence-electron chi connectivity index (χ2n) is 4.09. The number of fused-ring (bicyclic) bond motifs is 1. The summed E-state index contributed by atoms with van der Waals surface area (Å²) in [4.78, 5) is 4.32. The molecule has 0 radical (unpaired) electrons. The zero-order valence-electron chi connectivity index (χ0n) is 9.76. The molecule has 0 bridgehead atoms. The van der Waals surface area contributed by atoms with E-state index in [0.29, 0.717) is 6.54 Å². The third kappa shape index (κ3) is 2.00. The number of nitrogens with one attached hydrogen (secondary N) is 1. The first-order valence-corrected chi connectivity index (χ1v) is 5.73. The van der Waals surface area contributed by atoms with Gasteiger partial charge in [-0.3, -0.25) is 0 Å². The predicted molar refractivity (Wildman–Crippen MR) is 72.2 cm³/mol. The average molecular weight is 239 g/mol. The number of anilines is 2. The number of nitrogens with zero attached hydrogens (tertiary/aromatic N) is 1. The lowest BCUT2D eigenvalue weighted by molar-refractivity contribution is 0.615. The Kier molecular flexibility index (Phi) is 2.61. The zero-order valence-corrected chi connectivity index (χ0v) is 9.76. The molecule has 0 aliphatic carbocycles. The standard InChI is InChI=1S/C14H13N3O/c15-11-3-1-10(2-4-11)9-17-14-12-6-8-18-13(12)5-7-16-14/h1-8H,9,15H2,(H,16,17). The van der Waals surface area contributed by atoms with E-state index in [-0.39, 0.29) is 0 Å². The Labute approximate surface area is 104 Å². The minimum Gasteiger partial charge on any atom is -0.464 e. The molecule has 0 aliphatic heterocycles. The van der Waals surface area contributed by atoms with E-state index in [4.69, 9.17) is 10.2 Å². The van der Waals surface area contributed by atoms with Crippen molar-refractivity contribution in [3.63, 3.8) is 0 Å². The molecule has 0 atom stereocenters. The Bertz CT molecular complexity index is 658. The fraction of sp³-hybridized carbons (Fsp3) is 0.0714. The van der Waals surface area contributed by atoms with Gasteiger partial charge < -0.3 is 15.5 Å². The number of aromatic nitrogens is 1. The Hall–Kier alpha value is -2.49. The van der Waals surface area contributed by atoms with Gasteiger partial charge in [-0.1, -0.05) is 12.1 Å². The summed E-state index contributed by atoms with van der Waals surface area (Å²) in [6.07, 6.45) is 3.40. The van der Waals surface area contributed by atoms with Gasteiger partial charge in [0.1, 0.15) is 11.4 Å². The van der Waals surface area contributed by atoms with Crippen molar-refractivity contribution in [3.05, 3.63) is 54.4 Å². The van der Waals surface area contributed by atoms with E-state index in [1.165, 1.54) is 0 Å². The number of benzene rings is 1. The van der Waals surface area contributed by atoms with Crippen LogP contribution in [-0.2, 0) is 6.54 Å². The van der Waals surface area contributed by atoms with Crippen molar-refractivity contribution in [1.29, 1.82) is 0 Å². The molecule has 0 fully saturated rings. The van der Waals surface area contributed by atoms with E-state index in [2.05, 4.69) is 10.3 Å². The monoisotopic (exact) mass is 239 g/mol. The molecule has 3 aromatic rings. The van der Waals surface area contributed by atoms with E-state index in [1.54, 1.807) is 12.5 Å². The maximum absolute atomic E-state index is 5.65. The van der Waals surface area contributed by atoms with Crippen LogP contribution in [0.2, 0.25) is 0 Å². The highest BCUT2D eigenvalue weighted by Crippen LogP contribution is 2.22. The molecule has 3 N–H and O–H groups in total. The third-order valence-corrected chi connectivity index (χ3v) is 2.82. The molecule has 0 spiro atoms. The van der Waals surface area contributed by atoms with Gasteiger partial charge in [-0.15, -0.1) is 0 Å². The number of pyridine rings is 1. The Morgan fingerprint density at radius 3 is 2.78 bits per heavy atom. The van der Waals surface area contributed by atoms with Crippen LogP contribution in [0.4, 0.5) is 11.5 Å². The Morgan fingerprint density at radius 2 is 1.94 bits per heavy atom. The van der Waals surface area contributed by atoms with Gasteiger partial charge in [-0.25, -0.2) is 4.98 Å². The smallest absolute Gasteiger partial charge is 0.139 e. The van der Waals surface area contributed by atoms with Gasteiger partial charge in [-0.2, -0.15) is 0 Å². The number of furan rings is 1. The van der Waals surface area contributed by atoms with Gasteiger partial charge in [0.25, 0.3) is 0 Å². The lowest BCUT2D eigenvalue weighted by atomic mass is 10.2. The van der Waals surface area contributed by atoms with Gasteiger partial charge >= 0.3 is 0 Å². The Morgan fingerprint density at radius 1 is 1.11 bits per heavy atom. The average Bonchev–Trinajstić information content (AvgIpc) is 2.87. The molecule has 18 heavy (non-hydrogen) atoms. The molecule has 0 unspecified atom stereocenters. The lowest BCUT2D eigenvalue weighted by Crippen LogP contribution is -2.01. The Balaban J connectivity index is 1.80.